The van der Waals surface area contributed by atoms with E-state index in [4.69, 9.17) is 0 Å². The molecule has 4 heteroatoms. The van der Waals surface area contributed by atoms with Crippen molar-refractivity contribution in [2.24, 2.45) is 12.5 Å². The highest BCUT2D eigenvalue weighted by atomic mass is 79.9. The van der Waals surface area contributed by atoms with Crippen molar-refractivity contribution in [3.8, 4) is 0 Å². The van der Waals surface area contributed by atoms with Crippen molar-refractivity contribution >= 4 is 15.9 Å². The topological polar surface area (TPSA) is 29.9 Å². The fourth-order valence-corrected chi connectivity index (χ4v) is 2.77. The third kappa shape index (κ3) is 2.18. The average Bonchev–Trinajstić information content (AvgIpc) is 2.91. The van der Waals surface area contributed by atoms with E-state index < -0.39 is 0 Å². The van der Waals surface area contributed by atoms with Crippen LogP contribution in [0.1, 0.15) is 44.8 Å². The molecule has 1 fully saturated rings. The molecule has 1 aromatic rings. The first-order valence-electron chi connectivity index (χ1n) is 5.99. The van der Waals surface area contributed by atoms with E-state index in [0.717, 1.165) is 11.0 Å². The molecule has 0 aliphatic heterocycles. The van der Waals surface area contributed by atoms with Crippen LogP contribution in [0.5, 0.6) is 0 Å². The third-order valence-corrected chi connectivity index (χ3v) is 4.16. The Kier molecular flexibility index (Phi) is 3.40. The van der Waals surface area contributed by atoms with E-state index in [0.29, 0.717) is 11.5 Å². The molecule has 0 saturated heterocycles. The molecular weight excluding hydrogens is 266 g/mol. The quantitative estimate of drug-likeness (QED) is 0.901. The van der Waals surface area contributed by atoms with Crippen molar-refractivity contribution in [3.05, 3.63) is 16.4 Å². The lowest BCUT2D eigenvalue weighted by atomic mass is 9.95. The van der Waals surface area contributed by atoms with E-state index >= 15 is 0 Å². The molecule has 1 aromatic heterocycles. The molecule has 0 radical (unpaired) electrons. The van der Waals surface area contributed by atoms with Gasteiger partial charge in [-0.25, -0.2) is 0 Å². The molecule has 2 rings (SSSR count). The van der Waals surface area contributed by atoms with Crippen LogP contribution in [0.4, 0.5) is 0 Å². The summed E-state index contributed by atoms with van der Waals surface area (Å²) in [5, 5.41) is 7.98. The second kappa shape index (κ2) is 4.49. The predicted molar refractivity (Wildman–Crippen MR) is 69.3 cm³/mol. The number of rotatable bonds is 5. The normalized spacial score (nSPS) is 19.8. The van der Waals surface area contributed by atoms with E-state index in [1.54, 1.807) is 0 Å². The molecule has 90 valence electrons. The number of aromatic nitrogens is 2. The second-order valence-electron chi connectivity index (χ2n) is 5.04. The Morgan fingerprint density at radius 3 is 2.75 bits per heavy atom. The summed E-state index contributed by atoms with van der Waals surface area (Å²) in [7, 11) is 2.02. The molecule has 0 amide bonds. The second-order valence-corrected chi connectivity index (χ2v) is 5.90. The zero-order valence-electron chi connectivity index (χ0n) is 10.3. The van der Waals surface area contributed by atoms with Crippen LogP contribution >= 0.6 is 15.9 Å². The van der Waals surface area contributed by atoms with Crippen molar-refractivity contribution in [1.29, 1.82) is 0 Å². The van der Waals surface area contributed by atoms with Gasteiger partial charge in [-0.2, -0.15) is 5.10 Å². The molecule has 1 heterocycles. The minimum atomic E-state index is 0.422. The van der Waals surface area contributed by atoms with E-state index in [9.17, 15) is 0 Å². The summed E-state index contributed by atoms with van der Waals surface area (Å²) in [4.78, 5) is 0. The molecule has 1 atom stereocenters. The van der Waals surface area contributed by atoms with Gasteiger partial charge in [0.05, 0.1) is 22.4 Å². The number of hydrogen-bond donors (Lipinski definition) is 1. The molecule has 1 aliphatic rings. The van der Waals surface area contributed by atoms with E-state index in [-0.39, 0.29) is 0 Å². The van der Waals surface area contributed by atoms with Crippen LogP contribution in [0.3, 0.4) is 0 Å². The highest BCUT2D eigenvalue weighted by Gasteiger charge is 2.46. The van der Waals surface area contributed by atoms with Gasteiger partial charge in [-0.15, -0.1) is 0 Å². The summed E-state index contributed by atoms with van der Waals surface area (Å²) in [6.45, 7) is 5.63. The highest BCUT2D eigenvalue weighted by Crippen LogP contribution is 2.55. The van der Waals surface area contributed by atoms with Crippen LogP contribution in [0.15, 0.2) is 10.7 Å². The van der Waals surface area contributed by atoms with Crippen LogP contribution in [0.25, 0.3) is 0 Å². The standard InChI is InChI=1S/C12H20BrN3/c1-4-7-14-11(12(2)5-6-12)10-9(13)8-15-16(10)3/h8,11,14H,4-7H2,1-3H3. The van der Waals surface area contributed by atoms with Crippen LogP contribution in [-0.4, -0.2) is 16.3 Å². The summed E-state index contributed by atoms with van der Waals surface area (Å²) in [5.74, 6) is 0. The average molecular weight is 286 g/mol. The first-order valence-corrected chi connectivity index (χ1v) is 6.78. The van der Waals surface area contributed by atoms with Crippen LogP contribution in [0.2, 0.25) is 0 Å². The maximum absolute atomic E-state index is 4.32. The van der Waals surface area contributed by atoms with Gasteiger partial charge in [0.15, 0.2) is 0 Å². The Balaban J connectivity index is 2.25. The number of halogens is 1. The maximum atomic E-state index is 4.32. The zero-order valence-corrected chi connectivity index (χ0v) is 11.8. The van der Waals surface area contributed by atoms with Gasteiger partial charge in [-0.3, -0.25) is 4.68 Å². The lowest BCUT2D eigenvalue weighted by molar-refractivity contribution is 0.347. The zero-order chi connectivity index (χ0) is 11.8. The number of aryl methyl sites for hydroxylation is 1. The van der Waals surface area contributed by atoms with Gasteiger partial charge in [0, 0.05) is 7.05 Å². The lowest BCUT2D eigenvalue weighted by Gasteiger charge is -2.25. The molecular formula is C12H20BrN3. The van der Waals surface area contributed by atoms with E-state index in [1.165, 1.54) is 25.0 Å². The molecule has 1 N–H and O–H groups in total. The summed E-state index contributed by atoms with van der Waals surface area (Å²) < 4.78 is 3.11. The number of nitrogens with one attached hydrogen (secondary N) is 1. The molecule has 1 unspecified atom stereocenters. The maximum Gasteiger partial charge on any atom is 0.0697 e. The Labute approximate surface area is 106 Å². The summed E-state index contributed by atoms with van der Waals surface area (Å²) >= 11 is 3.61. The molecule has 1 aliphatic carbocycles. The minimum absolute atomic E-state index is 0.422. The fourth-order valence-electron chi connectivity index (χ4n) is 2.19. The van der Waals surface area contributed by atoms with Gasteiger partial charge in [0.2, 0.25) is 0 Å². The van der Waals surface area contributed by atoms with Gasteiger partial charge in [0.25, 0.3) is 0 Å². The van der Waals surface area contributed by atoms with Crippen molar-refractivity contribution < 1.29 is 0 Å². The van der Waals surface area contributed by atoms with E-state index in [2.05, 4.69) is 40.2 Å². The molecule has 0 spiro atoms. The third-order valence-electron chi connectivity index (χ3n) is 3.55. The van der Waals surface area contributed by atoms with E-state index in [1.807, 2.05) is 17.9 Å². The van der Waals surface area contributed by atoms with Crippen LogP contribution < -0.4 is 5.32 Å². The molecule has 0 bridgehead atoms. The Morgan fingerprint density at radius 2 is 2.31 bits per heavy atom. The first kappa shape index (κ1) is 12.1. The van der Waals surface area contributed by atoms with Gasteiger partial charge in [-0.1, -0.05) is 13.8 Å². The molecule has 0 aromatic carbocycles. The van der Waals surface area contributed by atoms with Gasteiger partial charge >= 0.3 is 0 Å². The molecule has 3 nitrogen and oxygen atoms in total. The highest BCUT2D eigenvalue weighted by molar-refractivity contribution is 9.10. The van der Waals surface area contributed by atoms with Gasteiger partial charge in [0.1, 0.15) is 0 Å². The Morgan fingerprint density at radius 1 is 1.62 bits per heavy atom. The number of hydrogen-bond acceptors (Lipinski definition) is 2. The smallest absolute Gasteiger partial charge is 0.0697 e. The Bertz CT molecular complexity index is 349. The van der Waals surface area contributed by atoms with Crippen LogP contribution in [-0.2, 0) is 7.05 Å². The van der Waals surface area contributed by atoms with Crippen molar-refractivity contribution in [2.75, 3.05) is 6.54 Å². The van der Waals surface area contributed by atoms with Crippen molar-refractivity contribution in [2.45, 2.75) is 39.2 Å². The number of nitrogens with zero attached hydrogens (tertiary/aromatic N) is 2. The van der Waals surface area contributed by atoms with Crippen molar-refractivity contribution in [1.82, 2.24) is 15.1 Å². The van der Waals surface area contributed by atoms with Gasteiger partial charge < -0.3 is 5.32 Å². The monoisotopic (exact) mass is 285 g/mol. The fraction of sp³-hybridized carbons (Fsp3) is 0.750. The van der Waals surface area contributed by atoms with Gasteiger partial charge in [-0.05, 0) is 47.2 Å². The summed E-state index contributed by atoms with van der Waals surface area (Å²) in [6, 6.07) is 0.425. The SMILES string of the molecule is CCCNC(c1c(Br)cnn1C)C1(C)CC1. The molecule has 1 saturated carbocycles. The van der Waals surface area contributed by atoms with Crippen LogP contribution in [0, 0.1) is 5.41 Å². The summed E-state index contributed by atoms with van der Waals surface area (Å²) in [5.41, 5.74) is 1.71. The summed E-state index contributed by atoms with van der Waals surface area (Å²) in [6.07, 6.45) is 5.68. The largest absolute Gasteiger partial charge is 0.308 e. The lowest BCUT2D eigenvalue weighted by Crippen LogP contribution is -2.30. The minimum Gasteiger partial charge on any atom is -0.308 e. The first-order chi connectivity index (χ1) is 7.58. The van der Waals surface area contributed by atoms with Crippen molar-refractivity contribution in [3.63, 3.8) is 0 Å². The predicted octanol–water partition coefficient (Wildman–Crippen LogP) is 3.02. The molecule has 16 heavy (non-hydrogen) atoms. The Hall–Kier alpha value is -0.350.